The molecule has 1 fully saturated rings. The number of nitro groups is 1. The van der Waals surface area contributed by atoms with Crippen LogP contribution in [0.15, 0.2) is 22.8 Å². The van der Waals surface area contributed by atoms with Gasteiger partial charge in [-0.1, -0.05) is 19.3 Å². The number of carbonyl (C=O) groups excluding carboxylic acids is 1. The van der Waals surface area contributed by atoms with Crippen molar-refractivity contribution in [1.29, 1.82) is 0 Å². The van der Waals surface area contributed by atoms with E-state index in [1.54, 1.807) is 12.1 Å². The Morgan fingerprint density at radius 2 is 2.17 bits per heavy atom. The molecule has 5 heteroatoms. The van der Waals surface area contributed by atoms with Crippen LogP contribution in [0.3, 0.4) is 0 Å². The van der Waals surface area contributed by atoms with Crippen LogP contribution in [-0.4, -0.2) is 17.3 Å². The van der Waals surface area contributed by atoms with Gasteiger partial charge in [0.05, 0.1) is 12.2 Å². The SMILES string of the molecule is O=C(c1ccco1)[C@H](C[N+](=O)[O-])C1CCCCC1. The molecule has 1 saturated carbocycles. The van der Waals surface area contributed by atoms with Crippen molar-refractivity contribution < 1.29 is 14.1 Å². The Balaban J connectivity index is 2.13. The van der Waals surface area contributed by atoms with Crippen LogP contribution in [0.2, 0.25) is 0 Å². The average molecular weight is 251 g/mol. The van der Waals surface area contributed by atoms with Gasteiger partial charge in [0, 0.05) is 4.92 Å². The number of hydrogen-bond donors (Lipinski definition) is 0. The Kier molecular flexibility index (Phi) is 4.12. The molecule has 1 heterocycles. The lowest BCUT2D eigenvalue weighted by atomic mass is 9.77. The minimum absolute atomic E-state index is 0.127. The van der Waals surface area contributed by atoms with E-state index in [2.05, 4.69) is 0 Å². The van der Waals surface area contributed by atoms with Gasteiger partial charge in [0.2, 0.25) is 12.3 Å². The molecule has 2 rings (SSSR count). The maximum atomic E-state index is 12.2. The smallest absolute Gasteiger partial charge is 0.214 e. The van der Waals surface area contributed by atoms with E-state index in [4.69, 9.17) is 4.42 Å². The van der Waals surface area contributed by atoms with E-state index >= 15 is 0 Å². The van der Waals surface area contributed by atoms with Crippen molar-refractivity contribution in [2.45, 2.75) is 32.1 Å². The van der Waals surface area contributed by atoms with Gasteiger partial charge in [-0.05, 0) is 30.9 Å². The molecule has 1 aromatic heterocycles. The van der Waals surface area contributed by atoms with Gasteiger partial charge in [-0.15, -0.1) is 0 Å². The lowest BCUT2D eigenvalue weighted by Gasteiger charge is -2.26. The largest absolute Gasteiger partial charge is 0.461 e. The zero-order chi connectivity index (χ0) is 13.0. The monoisotopic (exact) mass is 251 g/mol. The Morgan fingerprint density at radius 3 is 2.72 bits per heavy atom. The molecule has 98 valence electrons. The molecule has 0 amide bonds. The van der Waals surface area contributed by atoms with E-state index in [1.807, 2.05) is 0 Å². The number of ketones is 1. The summed E-state index contributed by atoms with van der Waals surface area (Å²) < 4.78 is 5.08. The van der Waals surface area contributed by atoms with Crippen LogP contribution >= 0.6 is 0 Å². The number of Topliss-reactive ketones (excluding diaryl/α,β-unsaturated/α-hetero) is 1. The highest BCUT2D eigenvalue weighted by Crippen LogP contribution is 2.32. The summed E-state index contributed by atoms with van der Waals surface area (Å²) >= 11 is 0. The standard InChI is InChI=1S/C13H17NO4/c15-13(12-7-4-8-18-12)11(9-14(16)17)10-5-2-1-3-6-10/h4,7-8,10-11H,1-3,5-6,9H2/t11-/m1/s1. The number of rotatable bonds is 5. The second-order valence-corrected chi connectivity index (χ2v) is 4.86. The third kappa shape index (κ3) is 2.97. The molecule has 0 N–H and O–H groups in total. The summed E-state index contributed by atoms with van der Waals surface area (Å²) in [7, 11) is 0. The summed E-state index contributed by atoms with van der Waals surface area (Å²) in [6.45, 7) is -0.288. The van der Waals surface area contributed by atoms with Crippen LogP contribution in [0.5, 0.6) is 0 Å². The van der Waals surface area contributed by atoms with Crippen LogP contribution in [0.1, 0.15) is 42.7 Å². The van der Waals surface area contributed by atoms with Crippen molar-refractivity contribution in [3.8, 4) is 0 Å². The second-order valence-electron chi connectivity index (χ2n) is 4.86. The molecule has 0 unspecified atom stereocenters. The molecule has 0 aromatic carbocycles. The minimum Gasteiger partial charge on any atom is -0.461 e. The molecular weight excluding hydrogens is 234 g/mol. The Bertz CT molecular complexity index is 407. The van der Waals surface area contributed by atoms with Crippen LogP contribution in [0, 0.1) is 22.0 Å². The third-order valence-electron chi connectivity index (χ3n) is 3.67. The first-order valence-electron chi connectivity index (χ1n) is 6.38. The third-order valence-corrected chi connectivity index (χ3v) is 3.67. The molecule has 1 atom stereocenters. The van der Waals surface area contributed by atoms with Gasteiger partial charge in [0.15, 0.2) is 5.76 Å². The average Bonchev–Trinajstić information content (AvgIpc) is 2.90. The van der Waals surface area contributed by atoms with E-state index < -0.39 is 5.92 Å². The molecule has 0 saturated heterocycles. The summed E-state index contributed by atoms with van der Waals surface area (Å²) in [6.07, 6.45) is 6.53. The van der Waals surface area contributed by atoms with E-state index in [1.165, 1.54) is 6.26 Å². The maximum Gasteiger partial charge on any atom is 0.214 e. The summed E-state index contributed by atoms with van der Waals surface area (Å²) in [5, 5.41) is 10.7. The fraction of sp³-hybridized carbons (Fsp3) is 0.615. The number of nitrogens with zero attached hydrogens (tertiary/aromatic N) is 1. The first kappa shape index (κ1) is 12.8. The van der Waals surface area contributed by atoms with Gasteiger partial charge in [0.1, 0.15) is 0 Å². The lowest BCUT2D eigenvalue weighted by Crippen LogP contribution is -2.31. The Hall–Kier alpha value is -1.65. The molecule has 18 heavy (non-hydrogen) atoms. The highest BCUT2D eigenvalue weighted by atomic mass is 16.6. The van der Waals surface area contributed by atoms with Gasteiger partial charge >= 0.3 is 0 Å². The van der Waals surface area contributed by atoms with E-state index in [-0.39, 0.29) is 28.9 Å². The Morgan fingerprint density at radius 1 is 1.44 bits per heavy atom. The van der Waals surface area contributed by atoms with E-state index in [0.29, 0.717) is 0 Å². The zero-order valence-corrected chi connectivity index (χ0v) is 10.2. The van der Waals surface area contributed by atoms with Crippen LogP contribution in [-0.2, 0) is 0 Å². The van der Waals surface area contributed by atoms with Crippen molar-refractivity contribution in [1.82, 2.24) is 0 Å². The summed E-state index contributed by atoms with van der Waals surface area (Å²) in [5.74, 6) is -0.385. The molecular formula is C13H17NO4. The zero-order valence-electron chi connectivity index (χ0n) is 10.2. The summed E-state index contributed by atoms with van der Waals surface area (Å²) in [6, 6.07) is 3.22. The molecule has 0 aliphatic heterocycles. The fourth-order valence-corrected chi connectivity index (χ4v) is 2.74. The first-order chi connectivity index (χ1) is 8.68. The molecule has 0 bridgehead atoms. The van der Waals surface area contributed by atoms with Gasteiger partial charge in [-0.2, -0.15) is 0 Å². The van der Waals surface area contributed by atoms with Crippen molar-refractivity contribution in [2.75, 3.05) is 6.54 Å². The molecule has 0 radical (unpaired) electrons. The van der Waals surface area contributed by atoms with Crippen LogP contribution < -0.4 is 0 Å². The molecule has 1 aliphatic rings. The quantitative estimate of drug-likeness (QED) is 0.458. The normalized spacial score (nSPS) is 18.4. The summed E-state index contributed by atoms with van der Waals surface area (Å²) in [5.41, 5.74) is 0. The number of hydrogen-bond acceptors (Lipinski definition) is 4. The topological polar surface area (TPSA) is 73.3 Å². The number of furan rings is 1. The van der Waals surface area contributed by atoms with Crippen molar-refractivity contribution in [2.24, 2.45) is 11.8 Å². The van der Waals surface area contributed by atoms with Crippen molar-refractivity contribution in [3.05, 3.63) is 34.3 Å². The molecule has 1 aliphatic carbocycles. The maximum absolute atomic E-state index is 12.2. The van der Waals surface area contributed by atoms with Crippen LogP contribution in [0.25, 0.3) is 0 Å². The minimum atomic E-state index is -0.536. The predicted octanol–water partition coefficient (Wildman–Crippen LogP) is 2.94. The van der Waals surface area contributed by atoms with Gasteiger partial charge in [-0.3, -0.25) is 14.9 Å². The van der Waals surface area contributed by atoms with Crippen molar-refractivity contribution >= 4 is 5.78 Å². The highest BCUT2D eigenvalue weighted by Gasteiger charge is 2.35. The van der Waals surface area contributed by atoms with E-state index in [9.17, 15) is 14.9 Å². The molecule has 5 nitrogen and oxygen atoms in total. The van der Waals surface area contributed by atoms with Gasteiger partial charge in [0.25, 0.3) is 0 Å². The van der Waals surface area contributed by atoms with Crippen LogP contribution in [0.4, 0.5) is 0 Å². The second kappa shape index (κ2) is 5.80. The Labute approximate surface area is 105 Å². The van der Waals surface area contributed by atoms with Crippen molar-refractivity contribution in [3.63, 3.8) is 0 Å². The van der Waals surface area contributed by atoms with Gasteiger partial charge < -0.3 is 4.42 Å². The highest BCUT2D eigenvalue weighted by molar-refractivity contribution is 5.95. The first-order valence-corrected chi connectivity index (χ1v) is 6.38. The van der Waals surface area contributed by atoms with E-state index in [0.717, 1.165) is 32.1 Å². The number of carbonyl (C=O) groups is 1. The predicted molar refractivity (Wildman–Crippen MR) is 65.0 cm³/mol. The fourth-order valence-electron chi connectivity index (χ4n) is 2.74. The molecule has 1 aromatic rings. The summed E-state index contributed by atoms with van der Waals surface area (Å²) in [4.78, 5) is 22.6. The van der Waals surface area contributed by atoms with Gasteiger partial charge in [-0.25, -0.2) is 0 Å². The molecule has 0 spiro atoms. The lowest BCUT2D eigenvalue weighted by molar-refractivity contribution is -0.487.